The van der Waals surface area contributed by atoms with Crippen molar-refractivity contribution in [3.05, 3.63) is 64.3 Å². The molecule has 0 saturated carbocycles. The molecule has 0 aliphatic carbocycles. The van der Waals surface area contributed by atoms with E-state index in [0.29, 0.717) is 27.4 Å². The first kappa shape index (κ1) is 18.5. The minimum atomic E-state index is -4.75. The summed E-state index contributed by atoms with van der Waals surface area (Å²) in [6, 6.07) is 12.6. The zero-order valence-electron chi connectivity index (χ0n) is 13.5. The molecule has 1 aromatic heterocycles. The molecule has 0 spiro atoms. The summed E-state index contributed by atoms with van der Waals surface area (Å²) in [5.74, 6) is -0.308. The number of aromatic amines is 1. The average Bonchev–Trinajstić information content (AvgIpc) is 3.07. The van der Waals surface area contributed by atoms with Crippen LogP contribution >= 0.6 is 11.6 Å². The third-order valence-corrected chi connectivity index (χ3v) is 3.63. The lowest BCUT2D eigenvalue weighted by atomic mass is 10.1. The first-order valence-corrected chi connectivity index (χ1v) is 7.88. The van der Waals surface area contributed by atoms with Crippen molar-refractivity contribution in [1.29, 1.82) is 5.26 Å². The molecule has 0 radical (unpaired) electrons. The Morgan fingerprint density at radius 3 is 2.63 bits per heavy atom. The van der Waals surface area contributed by atoms with Crippen molar-refractivity contribution >= 4 is 23.8 Å². The van der Waals surface area contributed by atoms with E-state index in [9.17, 15) is 13.2 Å². The lowest BCUT2D eigenvalue weighted by molar-refractivity contribution is -0.274. The predicted octanol–water partition coefficient (Wildman–Crippen LogP) is 5.07. The van der Waals surface area contributed by atoms with Gasteiger partial charge in [-0.2, -0.15) is 5.26 Å². The van der Waals surface area contributed by atoms with Gasteiger partial charge in [0.2, 0.25) is 0 Å². The van der Waals surface area contributed by atoms with Gasteiger partial charge in [-0.25, -0.2) is 5.10 Å². The topological polar surface area (TPSA) is 74.6 Å². The quantitative estimate of drug-likeness (QED) is 0.631. The number of hydrogen-bond donors (Lipinski definition) is 1. The molecule has 0 atom stereocenters. The van der Waals surface area contributed by atoms with Gasteiger partial charge >= 0.3 is 6.36 Å². The van der Waals surface area contributed by atoms with Crippen LogP contribution in [0.2, 0.25) is 5.02 Å². The molecule has 3 rings (SSSR count). The number of nitrogens with zero attached hydrogens (tertiary/aromatic N) is 3. The fourth-order valence-corrected chi connectivity index (χ4v) is 2.60. The van der Waals surface area contributed by atoms with Crippen LogP contribution in [0.1, 0.15) is 16.8 Å². The van der Waals surface area contributed by atoms with E-state index in [-0.39, 0.29) is 11.4 Å². The molecular weight excluding hydrogens is 381 g/mol. The number of aromatic nitrogens is 3. The van der Waals surface area contributed by atoms with Crippen molar-refractivity contribution in [3.63, 3.8) is 0 Å². The van der Waals surface area contributed by atoms with Gasteiger partial charge in [0.15, 0.2) is 5.69 Å². The Balaban J connectivity index is 1.88. The third kappa shape index (κ3) is 4.86. The van der Waals surface area contributed by atoms with Crippen LogP contribution < -0.4 is 4.74 Å². The van der Waals surface area contributed by atoms with Gasteiger partial charge in [-0.15, -0.1) is 18.3 Å². The Hall–Kier alpha value is -3.31. The first-order chi connectivity index (χ1) is 12.8. The van der Waals surface area contributed by atoms with Crippen LogP contribution in [0.25, 0.3) is 23.4 Å². The summed E-state index contributed by atoms with van der Waals surface area (Å²) in [6.45, 7) is 0. The van der Waals surface area contributed by atoms with Gasteiger partial charge in [0.1, 0.15) is 17.5 Å². The number of benzene rings is 2. The van der Waals surface area contributed by atoms with Crippen LogP contribution in [0, 0.1) is 11.3 Å². The van der Waals surface area contributed by atoms with Gasteiger partial charge in [0, 0.05) is 10.6 Å². The van der Waals surface area contributed by atoms with E-state index < -0.39 is 6.36 Å². The third-order valence-electron chi connectivity index (χ3n) is 3.41. The van der Waals surface area contributed by atoms with E-state index in [1.807, 2.05) is 6.07 Å². The van der Waals surface area contributed by atoms with E-state index in [4.69, 9.17) is 16.9 Å². The van der Waals surface area contributed by atoms with Gasteiger partial charge in [0.05, 0.1) is 0 Å². The maximum absolute atomic E-state index is 12.3. The van der Waals surface area contributed by atoms with E-state index in [2.05, 4.69) is 20.1 Å². The number of alkyl halides is 3. The summed E-state index contributed by atoms with van der Waals surface area (Å²) in [4.78, 5) is 0. The molecule has 1 heterocycles. The second-order valence-corrected chi connectivity index (χ2v) is 5.81. The summed E-state index contributed by atoms with van der Waals surface area (Å²) in [7, 11) is 0. The summed E-state index contributed by atoms with van der Waals surface area (Å²) < 4.78 is 40.9. The average molecular weight is 391 g/mol. The molecule has 0 aliphatic heterocycles. The second-order valence-electron chi connectivity index (χ2n) is 5.37. The molecule has 0 aliphatic rings. The molecule has 3 aromatic rings. The Kier molecular flexibility index (Phi) is 5.14. The van der Waals surface area contributed by atoms with Crippen molar-refractivity contribution in [3.8, 4) is 23.1 Å². The minimum absolute atomic E-state index is 0.198. The van der Waals surface area contributed by atoms with E-state index in [1.54, 1.807) is 36.4 Å². The zero-order valence-corrected chi connectivity index (χ0v) is 14.2. The smallest absolute Gasteiger partial charge is 0.406 e. The minimum Gasteiger partial charge on any atom is -0.406 e. The normalized spacial score (nSPS) is 11.5. The molecule has 27 heavy (non-hydrogen) atoms. The van der Waals surface area contributed by atoms with Crippen LogP contribution in [-0.4, -0.2) is 21.8 Å². The molecule has 0 fully saturated rings. The molecule has 0 saturated heterocycles. The highest BCUT2D eigenvalue weighted by Crippen LogP contribution is 2.27. The SMILES string of the molecule is N#Cc1[nH]nnc1-c1cc(Cl)cc(C=Cc2cccc(OC(F)(F)F)c2)c1. The lowest BCUT2D eigenvalue weighted by Crippen LogP contribution is -2.17. The van der Waals surface area contributed by atoms with Gasteiger partial charge in [-0.3, -0.25) is 0 Å². The summed E-state index contributed by atoms with van der Waals surface area (Å²) >= 11 is 6.12. The maximum Gasteiger partial charge on any atom is 0.573 e. The van der Waals surface area contributed by atoms with E-state index >= 15 is 0 Å². The molecule has 0 unspecified atom stereocenters. The predicted molar refractivity (Wildman–Crippen MR) is 93.6 cm³/mol. The van der Waals surface area contributed by atoms with E-state index in [1.165, 1.54) is 18.2 Å². The van der Waals surface area contributed by atoms with Crippen LogP contribution in [-0.2, 0) is 0 Å². The number of nitriles is 1. The molecule has 2 aromatic carbocycles. The lowest BCUT2D eigenvalue weighted by Gasteiger charge is -2.08. The number of ether oxygens (including phenoxy) is 1. The molecule has 1 N–H and O–H groups in total. The molecule has 9 heteroatoms. The maximum atomic E-state index is 12.3. The molecular formula is C18H10ClF3N4O. The van der Waals surface area contributed by atoms with Gasteiger partial charge in [-0.05, 0) is 41.5 Å². The number of nitrogens with one attached hydrogen (secondary N) is 1. The highest BCUT2D eigenvalue weighted by atomic mass is 35.5. The number of hydrogen-bond acceptors (Lipinski definition) is 4. The van der Waals surface area contributed by atoms with Crippen molar-refractivity contribution < 1.29 is 17.9 Å². The fourth-order valence-electron chi connectivity index (χ4n) is 2.36. The molecule has 0 amide bonds. The van der Waals surface area contributed by atoms with Crippen LogP contribution in [0.4, 0.5) is 13.2 Å². The number of rotatable bonds is 4. The Morgan fingerprint density at radius 2 is 1.89 bits per heavy atom. The standard InChI is InChI=1S/C18H10ClF3N4O/c19-14-7-12(6-13(9-14)17-16(10-23)24-26-25-17)5-4-11-2-1-3-15(8-11)27-18(20,21)22/h1-9H,(H,24,25,26). The second kappa shape index (κ2) is 7.51. The van der Waals surface area contributed by atoms with Crippen molar-refractivity contribution in [2.75, 3.05) is 0 Å². The van der Waals surface area contributed by atoms with E-state index in [0.717, 1.165) is 0 Å². The highest BCUT2D eigenvalue weighted by Gasteiger charge is 2.31. The van der Waals surface area contributed by atoms with Crippen molar-refractivity contribution in [1.82, 2.24) is 15.4 Å². The zero-order chi connectivity index (χ0) is 19.4. The Bertz CT molecular complexity index is 1040. The molecule has 136 valence electrons. The fraction of sp³-hybridized carbons (Fsp3) is 0.0556. The monoisotopic (exact) mass is 390 g/mol. The largest absolute Gasteiger partial charge is 0.573 e. The summed E-state index contributed by atoms with van der Waals surface area (Å²) in [5, 5.41) is 19.4. The van der Waals surface area contributed by atoms with Crippen molar-refractivity contribution in [2.45, 2.75) is 6.36 Å². The molecule has 5 nitrogen and oxygen atoms in total. The number of halogens is 4. The van der Waals surface area contributed by atoms with Crippen LogP contribution in [0.5, 0.6) is 5.75 Å². The van der Waals surface area contributed by atoms with Crippen LogP contribution in [0.15, 0.2) is 42.5 Å². The summed E-state index contributed by atoms with van der Waals surface area (Å²) in [5.41, 5.74) is 2.32. The first-order valence-electron chi connectivity index (χ1n) is 7.50. The van der Waals surface area contributed by atoms with Gasteiger partial charge in [0.25, 0.3) is 0 Å². The van der Waals surface area contributed by atoms with Gasteiger partial charge < -0.3 is 4.74 Å². The summed E-state index contributed by atoms with van der Waals surface area (Å²) in [6.07, 6.45) is -1.46. The van der Waals surface area contributed by atoms with Gasteiger partial charge in [-0.1, -0.05) is 41.1 Å². The van der Waals surface area contributed by atoms with Crippen molar-refractivity contribution in [2.24, 2.45) is 0 Å². The Morgan fingerprint density at radius 1 is 1.11 bits per heavy atom. The highest BCUT2D eigenvalue weighted by molar-refractivity contribution is 6.31. The molecule has 0 bridgehead atoms. The Labute approximate surface area is 156 Å². The number of H-pyrrole nitrogens is 1. The van der Waals surface area contributed by atoms with Crippen LogP contribution in [0.3, 0.4) is 0 Å².